The molecule has 0 aliphatic rings. The average molecular weight is 293 g/mol. The second-order valence-corrected chi connectivity index (χ2v) is 4.99. The van der Waals surface area contributed by atoms with E-state index in [0.717, 1.165) is 5.75 Å². The molecule has 0 spiro atoms. The fourth-order valence-electron chi connectivity index (χ4n) is 1.59. The van der Waals surface area contributed by atoms with Crippen LogP contribution in [-0.2, 0) is 9.59 Å². The molecule has 0 heterocycles. The van der Waals surface area contributed by atoms with Gasteiger partial charge in [-0.2, -0.15) is 0 Å². The highest BCUT2D eigenvalue weighted by Crippen LogP contribution is 2.15. The summed E-state index contributed by atoms with van der Waals surface area (Å²) in [4.78, 5) is 23.3. The largest absolute Gasteiger partial charge is 0.494 e. The van der Waals surface area contributed by atoms with E-state index in [0.29, 0.717) is 12.3 Å². The molecule has 1 aromatic rings. The summed E-state index contributed by atoms with van der Waals surface area (Å²) in [5, 5.41) is 5.20. The van der Waals surface area contributed by atoms with Gasteiger partial charge >= 0.3 is 0 Å². The van der Waals surface area contributed by atoms with Crippen molar-refractivity contribution < 1.29 is 14.3 Å². The molecule has 21 heavy (non-hydrogen) atoms. The van der Waals surface area contributed by atoms with Crippen LogP contribution in [-0.4, -0.2) is 31.0 Å². The van der Waals surface area contributed by atoms with Crippen LogP contribution in [0.25, 0.3) is 0 Å². The minimum Gasteiger partial charge on any atom is -0.494 e. The molecule has 4 N–H and O–H groups in total. The van der Waals surface area contributed by atoms with E-state index in [2.05, 4.69) is 10.6 Å². The van der Waals surface area contributed by atoms with Crippen molar-refractivity contribution in [1.82, 2.24) is 5.32 Å². The van der Waals surface area contributed by atoms with Crippen molar-refractivity contribution in [2.45, 2.75) is 26.8 Å². The summed E-state index contributed by atoms with van der Waals surface area (Å²) in [5.74, 6) is 0.140. The molecule has 0 saturated heterocycles. The smallest absolute Gasteiger partial charge is 0.243 e. The molecule has 116 valence electrons. The lowest BCUT2D eigenvalue weighted by atomic mass is 10.1. The van der Waals surface area contributed by atoms with Gasteiger partial charge in [-0.15, -0.1) is 0 Å². The zero-order chi connectivity index (χ0) is 15.8. The summed E-state index contributed by atoms with van der Waals surface area (Å²) in [7, 11) is 0. The van der Waals surface area contributed by atoms with Crippen LogP contribution in [0, 0.1) is 5.92 Å². The van der Waals surface area contributed by atoms with Crippen molar-refractivity contribution in [1.29, 1.82) is 0 Å². The summed E-state index contributed by atoms with van der Waals surface area (Å²) in [6.45, 7) is 6.09. The Bertz CT molecular complexity index is 472. The van der Waals surface area contributed by atoms with Crippen LogP contribution >= 0.6 is 0 Å². The SMILES string of the molecule is CCOc1ccc(NC(=O)CNC(=O)[C@@H](N)C(C)C)cc1. The number of benzene rings is 1. The standard InChI is InChI=1S/C15H23N3O3/c1-4-21-12-7-5-11(6-8-12)18-13(19)9-17-15(20)14(16)10(2)3/h5-8,10,14H,4,9,16H2,1-3H3,(H,17,20)(H,18,19)/t14-/m0/s1. The number of nitrogens with one attached hydrogen (secondary N) is 2. The first kappa shape index (κ1) is 17.0. The van der Waals surface area contributed by atoms with Gasteiger partial charge in [-0.3, -0.25) is 9.59 Å². The molecule has 0 aromatic heterocycles. The zero-order valence-electron chi connectivity index (χ0n) is 12.7. The Kier molecular flexibility index (Phi) is 6.68. The Hall–Kier alpha value is -2.08. The van der Waals surface area contributed by atoms with E-state index in [1.54, 1.807) is 24.3 Å². The topological polar surface area (TPSA) is 93.5 Å². The molecule has 0 saturated carbocycles. The highest BCUT2D eigenvalue weighted by molar-refractivity contribution is 5.95. The van der Waals surface area contributed by atoms with Gasteiger partial charge in [-0.1, -0.05) is 13.8 Å². The average Bonchev–Trinajstić information content (AvgIpc) is 2.46. The summed E-state index contributed by atoms with van der Waals surface area (Å²) in [6.07, 6.45) is 0. The minimum atomic E-state index is -0.608. The van der Waals surface area contributed by atoms with Gasteiger partial charge in [0.15, 0.2) is 0 Å². The summed E-state index contributed by atoms with van der Waals surface area (Å²) < 4.78 is 5.31. The second-order valence-electron chi connectivity index (χ2n) is 4.99. The molecular weight excluding hydrogens is 270 g/mol. The van der Waals surface area contributed by atoms with Crippen LogP contribution < -0.4 is 21.1 Å². The van der Waals surface area contributed by atoms with Crippen LogP contribution in [0.1, 0.15) is 20.8 Å². The number of hydrogen-bond donors (Lipinski definition) is 3. The van der Waals surface area contributed by atoms with E-state index in [4.69, 9.17) is 10.5 Å². The lowest BCUT2D eigenvalue weighted by Crippen LogP contribution is -2.46. The van der Waals surface area contributed by atoms with Gasteiger partial charge in [0, 0.05) is 5.69 Å². The van der Waals surface area contributed by atoms with E-state index in [1.807, 2.05) is 20.8 Å². The van der Waals surface area contributed by atoms with Crippen LogP contribution in [0.2, 0.25) is 0 Å². The number of carbonyl (C=O) groups is 2. The maximum Gasteiger partial charge on any atom is 0.243 e. The number of rotatable bonds is 7. The van der Waals surface area contributed by atoms with Gasteiger partial charge in [0.05, 0.1) is 19.2 Å². The van der Waals surface area contributed by atoms with Crippen molar-refractivity contribution in [3.8, 4) is 5.75 Å². The molecule has 0 bridgehead atoms. The van der Waals surface area contributed by atoms with Gasteiger partial charge in [-0.25, -0.2) is 0 Å². The second kappa shape index (κ2) is 8.26. The molecular formula is C15H23N3O3. The van der Waals surface area contributed by atoms with E-state index < -0.39 is 6.04 Å². The number of anilines is 1. The zero-order valence-corrected chi connectivity index (χ0v) is 12.7. The minimum absolute atomic E-state index is 0.0270. The first-order valence-electron chi connectivity index (χ1n) is 7.00. The number of carbonyl (C=O) groups excluding carboxylic acids is 2. The molecule has 0 radical (unpaired) electrons. The molecule has 1 aromatic carbocycles. The third-order valence-corrected chi connectivity index (χ3v) is 2.89. The Balaban J connectivity index is 2.41. The number of ether oxygens (including phenoxy) is 1. The van der Waals surface area contributed by atoms with E-state index in [1.165, 1.54) is 0 Å². The Morgan fingerprint density at radius 3 is 2.38 bits per heavy atom. The fourth-order valence-corrected chi connectivity index (χ4v) is 1.59. The third kappa shape index (κ3) is 5.83. The highest BCUT2D eigenvalue weighted by Gasteiger charge is 2.17. The first-order valence-corrected chi connectivity index (χ1v) is 7.00. The van der Waals surface area contributed by atoms with Gasteiger partial charge in [0.25, 0.3) is 0 Å². The molecule has 1 rings (SSSR count). The number of hydrogen-bond acceptors (Lipinski definition) is 4. The summed E-state index contributed by atoms with van der Waals surface area (Å²) in [6, 6.07) is 6.41. The number of nitrogens with two attached hydrogens (primary N) is 1. The Morgan fingerprint density at radius 1 is 1.24 bits per heavy atom. The van der Waals surface area contributed by atoms with Crippen molar-refractivity contribution >= 4 is 17.5 Å². The van der Waals surface area contributed by atoms with E-state index >= 15 is 0 Å². The monoisotopic (exact) mass is 293 g/mol. The van der Waals surface area contributed by atoms with Gasteiger partial charge in [-0.05, 0) is 37.1 Å². The fraction of sp³-hybridized carbons (Fsp3) is 0.467. The predicted octanol–water partition coefficient (Wildman–Crippen LogP) is 1.12. The summed E-state index contributed by atoms with van der Waals surface area (Å²) >= 11 is 0. The van der Waals surface area contributed by atoms with E-state index in [-0.39, 0.29) is 24.3 Å². The molecule has 0 fully saturated rings. The molecule has 0 aliphatic carbocycles. The third-order valence-electron chi connectivity index (χ3n) is 2.89. The summed E-state index contributed by atoms with van der Waals surface area (Å²) in [5.41, 5.74) is 6.33. The van der Waals surface area contributed by atoms with Crippen LogP contribution in [0.3, 0.4) is 0 Å². The van der Waals surface area contributed by atoms with Crippen molar-refractivity contribution in [2.24, 2.45) is 11.7 Å². The van der Waals surface area contributed by atoms with Crippen molar-refractivity contribution in [3.05, 3.63) is 24.3 Å². The molecule has 0 aliphatic heterocycles. The maximum absolute atomic E-state index is 11.7. The molecule has 1 atom stereocenters. The van der Waals surface area contributed by atoms with Crippen LogP contribution in [0.15, 0.2) is 24.3 Å². The van der Waals surface area contributed by atoms with Crippen molar-refractivity contribution in [2.75, 3.05) is 18.5 Å². The first-order chi connectivity index (χ1) is 9.93. The molecule has 0 unspecified atom stereocenters. The van der Waals surface area contributed by atoms with Gasteiger partial charge < -0.3 is 21.1 Å². The van der Waals surface area contributed by atoms with Crippen molar-refractivity contribution in [3.63, 3.8) is 0 Å². The highest BCUT2D eigenvalue weighted by atomic mass is 16.5. The van der Waals surface area contributed by atoms with Crippen LogP contribution in [0.5, 0.6) is 5.75 Å². The Labute approximate surface area is 125 Å². The lowest BCUT2D eigenvalue weighted by Gasteiger charge is -2.15. The molecule has 6 nitrogen and oxygen atoms in total. The van der Waals surface area contributed by atoms with Crippen LogP contribution in [0.4, 0.5) is 5.69 Å². The molecule has 6 heteroatoms. The molecule has 2 amide bonds. The van der Waals surface area contributed by atoms with Gasteiger partial charge in [0.1, 0.15) is 5.75 Å². The number of amides is 2. The van der Waals surface area contributed by atoms with Gasteiger partial charge in [0.2, 0.25) is 11.8 Å². The Morgan fingerprint density at radius 2 is 1.86 bits per heavy atom. The maximum atomic E-state index is 11.7. The quantitative estimate of drug-likeness (QED) is 0.702. The lowest BCUT2D eigenvalue weighted by molar-refractivity contribution is -0.125. The predicted molar refractivity (Wildman–Crippen MR) is 82.1 cm³/mol. The van der Waals surface area contributed by atoms with E-state index in [9.17, 15) is 9.59 Å². The normalized spacial score (nSPS) is 11.9.